The Labute approximate surface area is 96.4 Å². The maximum Gasteiger partial charge on any atom is 0.0752 e. The van der Waals surface area contributed by atoms with Crippen molar-refractivity contribution in [3.05, 3.63) is 33.8 Å². The molecule has 0 saturated carbocycles. The van der Waals surface area contributed by atoms with Crippen molar-refractivity contribution in [1.82, 2.24) is 0 Å². The summed E-state index contributed by atoms with van der Waals surface area (Å²) >= 11 is 15.7. The Hall–Kier alpha value is 0.500. The average Bonchev–Trinajstić information content (AvgIpc) is 2.62. The van der Waals surface area contributed by atoms with Gasteiger partial charge in [-0.3, -0.25) is 0 Å². The van der Waals surface area contributed by atoms with E-state index in [1.54, 1.807) is 0 Å². The van der Waals surface area contributed by atoms with E-state index in [9.17, 15) is 0 Å². The van der Waals surface area contributed by atoms with Crippen LogP contribution in [0.2, 0.25) is 10.0 Å². The minimum absolute atomic E-state index is 0.551. The van der Waals surface area contributed by atoms with Crippen LogP contribution in [0.4, 0.5) is 0 Å². The monoisotopic (exact) mass is 250 g/mol. The molecule has 0 radical (unpaired) electrons. The smallest absolute Gasteiger partial charge is 0.0752 e. The van der Waals surface area contributed by atoms with Crippen LogP contribution >= 0.6 is 46.7 Å². The van der Waals surface area contributed by atoms with Crippen LogP contribution in [-0.4, -0.2) is 11.5 Å². The maximum absolute atomic E-state index is 5.94. The zero-order chi connectivity index (χ0) is 9.26. The molecule has 0 amide bonds. The van der Waals surface area contributed by atoms with Crippen molar-refractivity contribution in [2.75, 3.05) is 11.5 Å². The van der Waals surface area contributed by atoms with Crippen molar-refractivity contribution in [3.63, 3.8) is 0 Å². The molecule has 0 bridgehead atoms. The Bertz CT molecular complexity index is 308. The van der Waals surface area contributed by atoms with E-state index in [0.717, 1.165) is 0 Å². The van der Waals surface area contributed by atoms with Crippen molar-refractivity contribution in [3.8, 4) is 0 Å². The molecular formula is C9H8Cl2S2. The first kappa shape index (κ1) is 10.0. The van der Waals surface area contributed by atoms with Crippen LogP contribution in [0, 0.1) is 0 Å². The maximum atomic E-state index is 5.94. The zero-order valence-electron chi connectivity index (χ0n) is 6.80. The third-order valence-corrected chi connectivity index (χ3v) is 5.68. The molecule has 0 aliphatic carbocycles. The number of benzene rings is 1. The Morgan fingerprint density at radius 3 is 2.38 bits per heavy atom. The van der Waals surface area contributed by atoms with E-state index >= 15 is 0 Å². The zero-order valence-corrected chi connectivity index (χ0v) is 9.94. The minimum atomic E-state index is 0.551. The third-order valence-electron chi connectivity index (χ3n) is 1.84. The molecule has 0 atom stereocenters. The summed E-state index contributed by atoms with van der Waals surface area (Å²) in [6, 6.07) is 5.91. The predicted octanol–water partition coefficient (Wildman–Crippen LogP) is 4.47. The number of rotatable bonds is 1. The summed E-state index contributed by atoms with van der Waals surface area (Å²) in [4.78, 5) is 0. The van der Waals surface area contributed by atoms with E-state index in [2.05, 4.69) is 6.07 Å². The number of halogens is 2. The lowest BCUT2D eigenvalue weighted by Crippen LogP contribution is -1.84. The first-order valence-corrected chi connectivity index (χ1v) is 6.81. The summed E-state index contributed by atoms with van der Waals surface area (Å²) in [5, 5.41) is 1.30. The van der Waals surface area contributed by atoms with Crippen LogP contribution in [0.5, 0.6) is 0 Å². The molecule has 13 heavy (non-hydrogen) atoms. The third kappa shape index (κ3) is 2.30. The molecule has 0 nitrogen and oxygen atoms in total. The van der Waals surface area contributed by atoms with Crippen molar-refractivity contribution < 1.29 is 0 Å². The number of thioether (sulfide) groups is 2. The molecule has 4 heteroatoms. The Morgan fingerprint density at radius 2 is 1.77 bits per heavy atom. The van der Waals surface area contributed by atoms with Gasteiger partial charge in [-0.2, -0.15) is 0 Å². The SMILES string of the molecule is Clc1ccc(C2SCCS2)cc1Cl. The van der Waals surface area contributed by atoms with Crippen LogP contribution in [0.15, 0.2) is 18.2 Å². The summed E-state index contributed by atoms with van der Waals surface area (Å²) in [6.07, 6.45) is 0. The lowest BCUT2D eigenvalue weighted by Gasteiger charge is -2.08. The van der Waals surface area contributed by atoms with Crippen molar-refractivity contribution in [2.45, 2.75) is 4.58 Å². The Balaban J connectivity index is 2.25. The standard InChI is InChI=1S/C9H8Cl2S2/c10-7-2-1-6(5-8(7)11)9-12-3-4-13-9/h1-2,5,9H,3-4H2. The van der Waals surface area contributed by atoms with Crippen LogP contribution in [0.1, 0.15) is 10.1 Å². The highest BCUT2D eigenvalue weighted by Gasteiger charge is 2.18. The second-order valence-electron chi connectivity index (χ2n) is 2.75. The lowest BCUT2D eigenvalue weighted by molar-refractivity contribution is 1.39. The van der Waals surface area contributed by atoms with E-state index in [-0.39, 0.29) is 0 Å². The summed E-state index contributed by atoms with van der Waals surface area (Å²) in [5.41, 5.74) is 1.28. The molecule has 1 aromatic rings. The van der Waals surface area contributed by atoms with Crippen molar-refractivity contribution >= 4 is 46.7 Å². The van der Waals surface area contributed by atoms with Gasteiger partial charge in [-0.25, -0.2) is 0 Å². The molecule has 2 rings (SSSR count). The molecule has 1 aliphatic heterocycles. The number of hydrogen-bond donors (Lipinski definition) is 0. The van der Waals surface area contributed by atoms with E-state index in [1.165, 1.54) is 17.1 Å². The molecule has 1 saturated heterocycles. The molecule has 0 spiro atoms. The quantitative estimate of drug-likeness (QED) is 0.722. The summed E-state index contributed by atoms with van der Waals surface area (Å²) in [5.74, 6) is 2.46. The highest BCUT2D eigenvalue weighted by molar-refractivity contribution is 8.19. The Kier molecular flexibility index (Phi) is 3.36. The molecule has 70 valence electrons. The summed E-state index contributed by atoms with van der Waals surface area (Å²) in [7, 11) is 0. The van der Waals surface area contributed by atoms with Gasteiger partial charge in [0.2, 0.25) is 0 Å². The molecule has 1 fully saturated rings. The van der Waals surface area contributed by atoms with Crippen molar-refractivity contribution in [1.29, 1.82) is 0 Å². The van der Waals surface area contributed by atoms with Gasteiger partial charge >= 0.3 is 0 Å². The first-order valence-electron chi connectivity index (χ1n) is 3.95. The van der Waals surface area contributed by atoms with Gasteiger partial charge in [0.25, 0.3) is 0 Å². The normalized spacial score (nSPS) is 18.0. The van der Waals surface area contributed by atoms with Gasteiger partial charge in [0.1, 0.15) is 0 Å². The highest BCUT2D eigenvalue weighted by atomic mass is 35.5. The second-order valence-corrected chi connectivity index (χ2v) is 6.29. The van der Waals surface area contributed by atoms with E-state index in [0.29, 0.717) is 14.6 Å². The second kappa shape index (κ2) is 4.35. The predicted molar refractivity (Wildman–Crippen MR) is 64.1 cm³/mol. The highest BCUT2D eigenvalue weighted by Crippen LogP contribution is 2.46. The molecule has 1 aliphatic rings. The summed E-state index contributed by atoms with van der Waals surface area (Å²) in [6.45, 7) is 0. The fraction of sp³-hybridized carbons (Fsp3) is 0.333. The van der Waals surface area contributed by atoms with E-state index in [1.807, 2.05) is 35.7 Å². The van der Waals surface area contributed by atoms with Crippen LogP contribution in [0.3, 0.4) is 0 Å². The van der Waals surface area contributed by atoms with Gasteiger partial charge in [-0.05, 0) is 17.7 Å². The van der Waals surface area contributed by atoms with Crippen LogP contribution in [0.25, 0.3) is 0 Å². The van der Waals surface area contributed by atoms with Gasteiger partial charge in [0, 0.05) is 11.5 Å². The molecule has 0 aromatic heterocycles. The fourth-order valence-corrected chi connectivity index (χ4v) is 4.35. The van der Waals surface area contributed by atoms with Crippen molar-refractivity contribution in [2.24, 2.45) is 0 Å². The first-order chi connectivity index (χ1) is 6.27. The molecule has 0 N–H and O–H groups in total. The molecule has 1 aromatic carbocycles. The minimum Gasteiger partial charge on any atom is -0.142 e. The average molecular weight is 251 g/mol. The lowest BCUT2D eigenvalue weighted by atomic mass is 10.2. The van der Waals surface area contributed by atoms with Crippen LogP contribution in [-0.2, 0) is 0 Å². The molecule has 0 unspecified atom stereocenters. The van der Waals surface area contributed by atoms with Crippen LogP contribution < -0.4 is 0 Å². The Morgan fingerprint density at radius 1 is 1.08 bits per heavy atom. The van der Waals surface area contributed by atoms with Gasteiger partial charge in [-0.15, -0.1) is 23.5 Å². The molecule has 1 heterocycles. The summed E-state index contributed by atoms with van der Waals surface area (Å²) < 4.78 is 0.551. The van der Waals surface area contributed by atoms with Gasteiger partial charge in [-0.1, -0.05) is 29.3 Å². The van der Waals surface area contributed by atoms with Gasteiger partial charge < -0.3 is 0 Å². The molecular weight excluding hydrogens is 243 g/mol. The largest absolute Gasteiger partial charge is 0.142 e. The van der Waals surface area contributed by atoms with Gasteiger partial charge in [0.05, 0.1) is 14.6 Å². The number of hydrogen-bond acceptors (Lipinski definition) is 2. The fourth-order valence-electron chi connectivity index (χ4n) is 1.21. The van der Waals surface area contributed by atoms with E-state index in [4.69, 9.17) is 23.2 Å². The van der Waals surface area contributed by atoms with E-state index < -0.39 is 0 Å². The topological polar surface area (TPSA) is 0 Å². The van der Waals surface area contributed by atoms with Gasteiger partial charge in [0.15, 0.2) is 0 Å².